The lowest BCUT2D eigenvalue weighted by atomic mass is 9.88. The molecule has 0 atom stereocenters. The van der Waals surface area contributed by atoms with Gasteiger partial charge in [0.25, 0.3) is 0 Å². The van der Waals surface area contributed by atoms with E-state index in [1.54, 1.807) is 18.2 Å². The first-order valence-electron chi connectivity index (χ1n) is 11.9. The van der Waals surface area contributed by atoms with Crippen molar-refractivity contribution in [2.24, 2.45) is 0 Å². The van der Waals surface area contributed by atoms with Crippen LogP contribution in [-0.2, 0) is 14.6 Å². The molecule has 34 heavy (non-hydrogen) atoms. The smallest absolute Gasteiger partial charge is 0.235 e. The van der Waals surface area contributed by atoms with Crippen molar-refractivity contribution in [2.45, 2.75) is 36.1 Å². The Labute approximate surface area is 202 Å². The summed E-state index contributed by atoms with van der Waals surface area (Å²) in [5, 5.41) is 2.94. The van der Waals surface area contributed by atoms with Crippen molar-refractivity contribution in [2.75, 3.05) is 25.4 Å². The van der Waals surface area contributed by atoms with E-state index in [9.17, 15) is 13.2 Å². The average molecular weight is 477 g/mol. The molecule has 0 bridgehead atoms. The number of likely N-dealkylation sites (tertiary alicyclic amines) is 1. The average Bonchev–Trinajstić information content (AvgIpc) is 2.87. The van der Waals surface area contributed by atoms with Gasteiger partial charge in [-0.15, -0.1) is 0 Å². The van der Waals surface area contributed by atoms with Gasteiger partial charge in [-0.1, -0.05) is 78.9 Å². The zero-order chi connectivity index (χ0) is 23.8. The van der Waals surface area contributed by atoms with E-state index >= 15 is 0 Å². The minimum atomic E-state index is -3.61. The Morgan fingerprint density at radius 1 is 0.824 bits per heavy atom. The second-order valence-corrected chi connectivity index (χ2v) is 10.9. The minimum Gasteiger partial charge on any atom is -0.352 e. The molecule has 6 heteroatoms. The monoisotopic (exact) mass is 476 g/mol. The van der Waals surface area contributed by atoms with Crippen LogP contribution in [0.4, 0.5) is 0 Å². The molecule has 1 heterocycles. The Morgan fingerprint density at radius 2 is 1.32 bits per heavy atom. The number of piperidine rings is 1. The van der Waals surface area contributed by atoms with Crippen molar-refractivity contribution >= 4 is 15.7 Å². The molecule has 1 amide bonds. The number of rotatable bonds is 9. The van der Waals surface area contributed by atoms with Crippen LogP contribution in [0, 0.1) is 0 Å². The normalized spacial score (nSPS) is 15.3. The van der Waals surface area contributed by atoms with E-state index in [0.29, 0.717) is 5.92 Å². The molecule has 1 aliphatic heterocycles. The summed E-state index contributed by atoms with van der Waals surface area (Å²) < 4.78 is 24.9. The summed E-state index contributed by atoms with van der Waals surface area (Å²) in [6, 6.07) is 29.4. The number of hydrogen-bond donors (Lipinski definition) is 1. The molecule has 0 unspecified atom stereocenters. The van der Waals surface area contributed by atoms with Crippen molar-refractivity contribution < 1.29 is 13.2 Å². The molecule has 1 aliphatic rings. The first-order chi connectivity index (χ1) is 16.5. The van der Waals surface area contributed by atoms with Crippen molar-refractivity contribution in [1.29, 1.82) is 0 Å². The van der Waals surface area contributed by atoms with Crippen molar-refractivity contribution in [3.8, 4) is 0 Å². The van der Waals surface area contributed by atoms with Crippen LogP contribution in [0.25, 0.3) is 0 Å². The van der Waals surface area contributed by atoms with Gasteiger partial charge in [0.1, 0.15) is 5.75 Å². The van der Waals surface area contributed by atoms with E-state index in [4.69, 9.17) is 0 Å². The van der Waals surface area contributed by atoms with Gasteiger partial charge in [-0.05, 0) is 49.1 Å². The molecule has 178 valence electrons. The SMILES string of the molecule is O=C(CS(=O)(=O)c1ccccc1)NC1CCN(CCC(c2ccccc2)c2ccccc2)CC1. The molecule has 3 aromatic carbocycles. The summed E-state index contributed by atoms with van der Waals surface area (Å²) in [5.74, 6) is -0.578. The molecule has 1 saturated heterocycles. The van der Waals surface area contributed by atoms with Crippen LogP contribution in [0.3, 0.4) is 0 Å². The van der Waals surface area contributed by atoms with E-state index in [2.05, 4.69) is 70.9 Å². The number of nitrogens with one attached hydrogen (secondary N) is 1. The fraction of sp³-hybridized carbons (Fsp3) is 0.321. The van der Waals surface area contributed by atoms with Crippen LogP contribution >= 0.6 is 0 Å². The Morgan fingerprint density at radius 3 is 1.85 bits per heavy atom. The second kappa shape index (κ2) is 11.4. The van der Waals surface area contributed by atoms with Gasteiger partial charge in [-0.3, -0.25) is 4.79 Å². The van der Waals surface area contributed by atoms with E-state index in [0.717, 1.165) is 38.9 Å². The third-order valence-corrected chi connectivity index (χ3v) is 8.15. The van der Waals surface area contributed by atoms with Crippen LogP contribution in [0.15, 0.2) is 95.9 Å². The molecule has 0 aliphatic carbocycles. The number of hydrogen-bond acceptors (Lipinski definition) is 4. The summed E-state index contributed by atoms with van der Waals surface area (Å²) in [6.45, 7) is 2.77. The maximum Gasteiger partial charge on any atom is 0.235 e. The van der Waals surface area contributed by atoms with Crippen molar-refractivity contribution in [3.05, 3.63) is 102 Å². The van der Waals surface area contributed by atoms with Gasteiger partial charge in [0.2, 0.25) is 5.91 Å². The largest absolute Gasteiger partial charge is 0.352 e. The molecule has 1 fully saturated rings. The number of amides is 1. The number of carbonyl (C=O) groups is 1. The van der Waals surface area contributed by atoms with Crippen molar-refractivity contribution in [3.63, 3.8) is 0 Å². The maximum absolute atomic E-state index is 12.5. The first kappa shape index (κ1) is 24.2. The Hall–Kier alpha value is -2.96. The summed E-state index contributed by atoms with van der Waals surface area (Å²) >= 11 is 0. The number of sulfone groups is 1. The topological polar surface area (TPSA) is 66.5 Å². The molecule has 0 aromatic heterocycles. The van der Waals surface area contributed by atoms with Gasteiger partial charge < -0.3 is 10.2 Å². The molecular formula is C28H32N2O3S. The quantitative estimate of drug-likeness (QED) is 0.501. The summed E-state index contributed by atoms with van der Waals surface area (Å²) in [6.07, 6.45) is 2.69. The molecule has 0 spiro atoms. The van der Waals surface area contributed by atoms with Gasteiger partial charge in [-0.2, -0.15) is 0 Å². The fourth-order valence-corrected chi connectivity index (χ4v) is 5.83. The molecule has 4 rings (SSSR count). The zero-order valence-corrected chi connectivity index (χ0v) is 20.2. The molecule has 3 aromatic rings. The standard InChI is InChI=1S/C28H32N2O3S/c31-28(22-34(32,33)26-14-8-3-9-15-26)29-25-16-19-30(20-17-25)21-18-27(23-10-4-1-5-11-23)24-12-6-2-7-13-24/h1-15,25,27H,16-22H2,(H,29,31). The highest BCUT2D eigenvalue weighted by Crippen LogP contribution is 2.28. The highest BCUT2D eigenvalue weighted by molar-refractivity contribution is 7.92. The van der Waals surface area contributed by atoms with E-state index in [-0.39, 0.29) is 10.9 Å². The van der Waals surface area contributed by atoms with Crippen LogP contribution in [-0.4, -0.2) is 50.7 Å². The molecule has 0 saturated carbocycles. The molecule has 1 N–H and O–H groups in total. The van der Waals surface area contributed by atoms with E-state index < -0.39 is 21.5 Å². The van der Waals surface area contributed by atoms with Gasteiger partial charge >= 0.3 is 0 Å². The Kier molecular flexibility index (Phi) is 8.14. The predicted molar refractivity (Wildman–Crippen MR) is 135 cm³/mol. The highest BCUT2D eigenvalue weighted by atomic mass is 32.2. The van der Waals surface area contributed by atoms with Gasteiger partial charge in [0, 0.05) is 25.0 Å². The lowest BCUT2D eigenvalue weighted by molar-refractivity contribution is -0.119. The third kappa shape index (κ3) is 6.55. The highest BCUT2D eigenvalue weighted by Gasteiger charge is 2.25. The second-order valence-electron chi connectivity index (χ2n) is 8.92. The van der Waals surface area contributed by atoms with Crippen LogP contribution < -0.4 is 5.32 Å². The summed E-state index contributed by atoms with van der Waals surface area (Å²) in [4.78, 5) is 15.0. The Balaban J connectivity index is 1.27. The minimum absolute atomic E-state index is 0.0220. The lowest BCUT2D eigenvalue weighted by Gasteiger charge is -2.33. The number of carbonyl (C=O) groups excluding carboxylic acids is 1. The van der Waals surface area contributed by atoms with Crippen molar-refractivity contribution in [1.82, 2.24) is 10.2 Å². The fourth-order valence-electron chi connectivity index (χ4n) is 4.66. The lowest BCUT2D eigenvalue weighted by Crippen LogP contribution is -2.46. The zero-order valence-electron chi connectivity index (χ0n) is 19.3. The van der Waals surface area contributed by atoms with Gasteiger partial charge in [0.05, 0.1) is 4.90 Å². The number of nitrogens with zero attached hydrogens (tertiary/aromatic N) is 1. The van der Waals surface area contributed by atoms with Crippen LogP contribution in [0.1, 0.15) is 36.3 Å². The first-order valence-corrected chi connectivity index (χ1v) is 13.6. The van der Waals surface area contributed by atoms with Crippen LogP contribution in [0.5, 0.6) is 0 Å². The van der Waals surface area contributed by atoms with Gasteiger partial charge in [-0.25, -0.2) is 8.42 Å². The van der Waals surface area contributed by atoms with Crippen LogP contribution in [0.2, 0.25) is 0 Å². The molecular weight excluding hydrogens is 444 g/mol. The van der Waals surface area contributed by atoms with Gasteiger partial charge in [0.15, 0.2) is 9.84 Å². The van der Waals surface area contributed by atoms with E-state index in [1.165, 1.54) is 23.3 Å². The summed E-state index contributed by atoms with van der Waals surface area (Å²) in [5.41, 5.74) is 2.66. The number of benzene rings is 3. The third-order valence-electron chi connectivity index (χ3n) is 6.51. The predicted octanol–water partition coefficient (Wildman–Crippen LogP) is 4.26. The molecule has 0 radical (unpaired) electrons. The Bertz CT molecular complexity index is 1100. The molecule has 5 nitrogen and oxygen atoms in total. The maximum atomic E-state index is 12.5. The van der Waals surface area contributed by atoms with E-state index in [1.807, 2.05) is 0 Å². The summed E-state index contributed by atoms with van der Waals surface area (Å²) in [7, 11) is -3.61.